The molecule has 8 heteroatoms. The molecule has 0 aromatic heterocycles. The molecule has 3 N–H and O–H groups in total. The summed E-state index contributed by atoms with van der Waals surface area (Å²) in [6.07, 6.45) is 1.38. The third-order valence-electron chi connectivity index (χ3n) is 5.02. The number of aromatic hydroxyl groups is 2. The highest BCUT2D eigenvalue weighted by molar-refractivity contribution is 6.42. The molecule has 0 saturated carbocycles. The third kappa shape index (κ3) is 5.10. The molecule has 1 aliphatic heterocycles. The Bertz CT molecular complexity index is 1240. The molecule has 1 amide bonds. The quantitative estimate of drug-likeness (QED) is 0.439. The molecule has 3 aromatic carbocycles. The monoisotopic (exact) mass is 467 g/mol. The molecule has 3 aromatic rings. The maximum Gasteiger partial charge on any atom is 0.240 e. The summed E-state index contributed by atoms with van der Waals surface area (Å²) in [6.45, 7) is 0. The first-order valence-electron chi connectivity index (χ1n) is 9.89. The van der Waals surface area contributed by atoms with E-state index >= 15 is 0 Å². The van der Waals surface area contributed by atoms with Gasteiger partial charge < -0.3 is 10.2 Å². The lowest BCUT2D eigenvalue weighted by Gasteiger charge is -2.13. The predicted molar refractivity (Wildman–Crippen MR) is 126 cm³/mol. The number of rotatable bonds is 5. The number of hydrazone groups is 1. The van der Waals surface area contributed by atoms with Crippen molar-refractivity contribution in [1.82, 2.24) is 5.43 Å². The first kappa shape index (κ1) is 21.9. The summed E-state index contributed by atoms with van der Waals surface area (Å²) in [4.78, 5) is 16.1. The average molecular weight is 468 g/mol. The minimum atomic E-state index is -0.0874. The van der Waals surface area contributed by atoms with Crippen molar-refractivity contribution in [2.45, 2.75) is 19.3 Å². The molecular formula is C24H19Cl2N3O3. The van der Waals surface area contributed by atoms with Crippen LogP contribution in [0.5, 0.6) is 11.5 Å². The van der Waals surface area contributed by atoms with Gasteiger partial charge in [0, 0.05) is 30.9 Å². The highest BCUT2D eigenvalue weighted by Crippen LogP contribution is 2.28. The van der Waals surface area contributed by atoms with E-state index in [9.17, 15) is 15.0 Å². The molecule has 1 aliphatic rings. The van der Waals surface area contributed by atoms with Gasteiger partial charge >= 0.3 is 0 Å². The zero-order valence-corrected chi connectivity index (χ0v) is 18.4. The molecule has 0 aliphatic carbocycles. The fraction of sp³-hybridized carbons (Fsp3) is 0.125. The van der Waals surface area contributed by atoms with Crippen LogP contribution in [0.25, 0.3) is 0 Å². The number of phenolic OH excluding ortho intramolecular Hbond substituents is 2. The van der Waals surface area contributed by atoms with Gasteiger partial charge in [-0.1, -0.05) is 41.4 Å². The lowest BCUT2D eigenvalue weighted by Crippen LogP contribution is -2.25. The summed E-state index contributed by atoms with van der Waals surface area (Å²) in [5.74, 6) is -0.201. The van der Waals surface area contributed by atoms with Crippen molar-refractivity contribution in [2.24, 2.45) is 10.1 Å². The van der Waals surface area contributed by atoms with Crippen molar-refractivity contribution in [3.05, 3.63) is 87.4 Å². The summed E-state index contributed by atoms with van der Waals surface area (Å²) in [5, 5.41) is 25.1. The minimum Gasteiger partial charge on any atom is -0.508 e. The maximum atomic E-state index is 11.3. The number of amides is 1. The number of carbonyl (C=O) groups excluding carboxylic acids is 1. The highest BCUT2D eigenvalue weighted by Gasteiger charge is 2.15. The Hall–Kier alpha value is -3.35. The van der Waals surface area contributed by atoms with Crippen LogP contribution < -0.4 is 5.43 Å². The zero-order valence-electron chi connectivity index (χ0n) is 16.8. The van der Waals surface area contributed by atoms with Crippen molar-refractivity contribution in [3.8, 4) is 11.5 Å². The van der Waals surface area contributed by atoms with E-state index in [0.717, 1.165) is 16.8 Å². The van der Waals surface area contributed by atoms with Crippen molar-refractivity contribution in [1.29, 1.82) is 0 Å². The van der Waals surface area contributed by atoms with E-state index in [-0.39, 0.29) is 17.4 Å². The Morgan fingerprint density at radius 3 is 2.41 bits per heavy atom. The Labute approximate surface area is 194 Å². The van der Waals surface area contributed by atoms with Crippen molar-refractivity contribution in [3.63, 3.8) is 0 Å². The number of hydrogen-bond donors (Lipinski definition) is 3. The normalized spacial score (nSPS) is 14.1. The SMILES string of the molecule is O=C1CCC(c2ccc(N=C(Cc3ccc(Cl)c(Cl)c3)c3ccc(O)cc3O)cc2)=NN1. The summed E-state index contributed by atoms with van der Waals surface area (Å²) in [5.41, 5.74) is 6.85. The highest BCUT2D eigenvalue weighted by atomic mass is 35.5. The smallest absolute Gasteiger partial charge is 0.240 e. The van der Waals surface area contributed by atoms with E-state index in [2.05, 4.69) is 10.5 Å². The molecule has 0 saturated heterocycles. The van der Waals surface area contributed by atoms with E-state index in [4.69, 9.17) is 28.2 Å². The molecule has 0 spiro atoms. The van der Waals surface area contributed by atoms with Crippen LogP contribution in [0, 0.1) is 0 Å². The van der Waals surface area contributed by atoms with Crippen molar-refractivity contribution < 1.29 is 15.0 Å². The van der Waals surface area contributed by atoms with Crippen molar-refractivity contribution in [2.75, 3.05) is 0 Å². The fourth-order valence-electron chi connectivity index (χ4n) is 3.37. The lowest BCUT2D eigenvalue weighted by atomic mass is 10.0. The van der Waals surface area contributed by atoms with Gasteiger partial charge in [-0.3, -0.25) is 9.79 Å². The van der Waals surface area contributed by atoms with Gasteiger partial charge in [0.2, 0.25) is 5.91 Å². The van der Waals surface area contributed by atoms with Crippen LogP contribution in [-0.2, 0) is 11.2 Å². The number of nitrogens with one attached hydrogen (secondary N) is 1. The molecule has 4 rings (SSSR count). The molecule has 0 unspecified atom stereocenters. The molecule has 0 atom stereocenters. The van der Waals surface area contributed by atoms with Crippen LogP contribution in [0.15, 0.2) is 70.8 Å². The third-order valence-corrected chi connectivity index (χ3v) is 5.76. The number of nitrogens with zero attached hydrogens (tertiary/aromatic N) is 2. The van der Waals surface area contributed by atoms with Crippen LogP contribution >= 0.6 is 23.2 Å². The van der Waals surface area contributed by atoms with Gasteiger partial charge in [-0.2, -0.15) is 5.10 Å². The standard InChI is InChI=1S/C24H19Cl2N3O3/c25-19-8-1-14(11-20(19)26)12-22(18-7-6-17(30)13-23(18)31)27-16-4-2-15(3-5-16)21-9-10-24(32)29-28-21/h1-8,11,13,30-31H,9-10,12H2,(H,29,32). The summed E-state index contributed by atoms with van der Waals surface area (Å²) in [7, 11) is 0. The summed E-state index contributed by atoms with van der Waals surface area (Å²) < 4.78 is 0. The van der Waals surface area contributed by atoms with Gasteiger partial charge in [0.25, 0.3) is 0 Å². The second kappa shape index (κ2) is 9.42. The Kier molecular flexibility index (Phi) is 6.44. The number of phenols is 2. The molecule has 0 fully saturated rings. The van der Waals surface area contributed by atoms with E-state index in [1.54, 1.807) is 18.2 Å². The van der Waals surface area contributed by atoms with Crippen LogP contribution in [0.2, 0.25) is 10.0 Å². The van der Waals surface area contributed by atoms with Crippen LogP contribution in [0.3, 0.4) is 0 Å². The molecule has 0 bridgehead atoms. The molecule has 6 nitrogen and oxygen atoms in total. The minimum absolute atomic E-state index is 0.0372. The van der Waals surface area contributed by atoms with E-state index in [0.29, 0.717) is 46.3 Å². The van der Waals surface area contributed by atoms with Crippen molar-refractivity contribution >= 4 is 46.2 Å². The van der Waals surface area contributed by atoms with Gasteiger partial charge in [-0.05, 0) is 47.5 Å². The first-order valence-corrected chi connectivity index (χ1v) is 10.6. The number of carbonyl (C=O) groups is 1. The predicted octanol–water partition coefficient (Wildman–Crippen LogP) is 5.38. The van der Waals surface area contributed by atoms with E-state index < -0.39 is 0 Å². The molecule has 1 heterocycles. The summed E-state index contributed by atoms with van der Waals surface area (Å²) >= 11 is 12.2. The Morgan fingerprint density at radius 1 is 0.969 bits per heavy atom. The fourth-order valence-corrected chi connectivity index (χ4v) is 3.69. The first-order chi connectivity index (χ1) is 15.4. The number of halogens is 2. The molecule has 162 valence electrons. The second-order valence-corrected chi connectivity index (χ2v) is 8.14. The van der Waals surface area contributed by atoms with Gasteiger partial charge in [0.1, 0.15) is 11.5 Å². The Balaban J connectivity index is 1.68. The van der Waals surface area contributed by atoms with E-state index in [1.807, 2.05) is 30.3 Å². The number of benzene rings is 3. The van der Waals surface area contributed by atoms with Crippen LogP contribution in [-0.4, -0.2) is 27.5 Å². The summed E-state index contributed by atoms with van der Waals surface area (Å²) in [6, 6.07) is 17.2. The lowest BCUT2D eigenvalue weighted by molar-refractivity contribution is -0.121. The van der Waals surface area contributed by atoms with Gasteiger partial charge in [-0.25, -0.2) is 5.43 Å². The number of hydrogen-bond acceptors (Lipinski definition) is 5. The molecular weight excluding hydrogens is 449 g/mol. The van der Waals surface area contributed by atoms with Gasteiger partial charge in [0.15, 0.2) is 0 Å². The number of aliphatic imine (C=N–C) groups is 1. The largest absolute Gasteiger partial charge is 0.508 e. The topological polar surface area (TPSA) is 94.3 Å². The Morgan fingerprint density at radius 2 is 1.75 bits per heavy atom. The van der Waals surface area contributed by atoms with Crippen LogP contribution in [0.4, 0.5) is 5.69 Å². The van der Waals surface area contributed by atoms with Gasteiger partial charge in [-0.15, -0.1) is 0 Å². The van der Waals surface area contributed by atoms with Gasteiger partial charge in [0.05, 0.1) is 27.2 Å². The van der Waals surface area contributed by atoms with E-state index in [1.165, 1.54) is 12.1 Å². The molecule has 32 heavy (non-hydrogen) atoms. The molecule has 0 radical (unpaired) electrons. The van der Waals surface area contributed by atoms with Crippen LogP contribution in [0.1, 0.15) is 29.5 Å². The average Bonchev–Trinajstić information content (AvgIpc) is 2.77. The maximum absolute atomic E-state index is 11.3. The zero-order chi connectivity index (χ0) is 22.7. The second-order valence-electron chi connectivity index (χ2n) is 7.33.